The Balaban J connectivity index is 1.38. The standard InChI is InChI=1S/C19H30N4O2S/c1-3-21-8-6-16(7-9-21)20-18(24)14-22-10-12-23(13-11-22)19(25)17-5-4-15(2)26-17/h4-5,16H,3,6-14H2,1-2H3,(H,20,24). The van der Waals surface area contributed by atoms with Crippen LogP contribution in [-0.4, -0.2) is 84.9 Å². The van der Waals surface area contributed by atoms with E-state index >= 15 is 0 Å². The van der Waals surface area contributed by atoms with Crippen LogP contribution in [0.3, 0.4) is 0 Å². The molecule has 2 aliphatic heterocycles. The van der Waals surface area contributed by atoms with Crippen LogP contribution in [0, 0.1) is 6.92 Å². The summed E-state index contributed by atoms with van der Waals surface area (Å²) in [7, 11) is 0. The van der Waals surface area contributed by atoms with Gasteiger partial charge in [0, 0.05) is 50.2 Å². The van der Waals surface area contributed by atoms with Gasteiger partial charge in [-0.1, -0.05) is 6.92 Å². The molecule has 0 unspecified atom stereocenters. The lowest BCUT2D eigenvalue weighted by molar-refractivity contribution is -0.123. The number of likely N-dealkylation sites (tertiary alicyclic amines) is 1. The van der Waals surface area contributed by atoms with Gasteiger partial charge >= 0.3 is 0 Å². The van der Waals surface area contributed by atoms with Crippen molar-refractivity contribution in [3.05, 3.63) is 21.9 Å². The highest BCUT2D eigenvalue weighted by molar-refractivity contribution is 7.13. The molecular weight excluding hydrogens is 348 g/mol. The molecule has 6 nitrogen and oxygen atoms in total. The van der Waals surface area contributed by atoms with Crippen LogP contribution >= 0.6 is 11.3 Å². The van der Waals surface area contributed by atoms with Crippen LogP contribution in [-0.2, 0) is 4.79 Å². The van der Waals surface area contributed by atoms with Crippen LogP contribution < -0.4 is 5.32 Å². The van der Waals surface area contributed by atoms with Crippen molar-refractivity contribution in [2.45, 2.75) is 32.7 Å². The van der Waals surface area contributed by atoms with E-state index in [1.807, 2.05) is 24.0 Å². The number of hydrogen-bond acceptors (Lipinski definition) is 5. The maximum atomic E-state index is 12.5. The quantitative estimate of drug-likeness (QED) is 0.842. The van der Waals surface area contributed by atoms with Gasteiger partial charge in [-0.3, -0.25) is 14.5 Å². The summed E-state index contributed by atoms with van der Waals surface area (Å²) in [6.45, 7) is 10.8. The second-order valence-electron chi connectivity index (χ2n) is 7.25. The summed E-state index contributed by atoms with van der Waals surface area (Å²) in [5.74, 6) is 0.239. The second-order valence-corrected chi connectivity index (χ2v) is 8.54. The minimum Gasteiger partial charge on any atom is -0.352 e. The zero-order chi connectivity index (χ0) is 18.5. The predicted octanol–water partition coefficient (Wildman–Crippen LogP) is 1.41. The van der Waals surface area contributed by atoms with Crippen molar-refractivity contribution < 1.29 is 9.59 Å². The van der Waals surface area contributed by atoms with Gasteiger partial charge in [0.25, 0.3) is 5.91 Å². The first kappa shape index (κ1) is 19.3. The van der Waals surface area contributed by atoms with E-state index in [0.717, 1.165) is 55.3 Å². The first-order valence-corrected chi connectivity index (χ1v) is 10.5. The Kier molecular flexibility index (Phi) is 6.67. The normalized spacial score (nSPS) is 20.3. The lowest BCUT2D eigenvalue weighted by Gasteiger charge is -2.35. The SMILES string of the molecule is CCN1CCC(NC(=O)CN2CCN(C(=O)c3ccc(C)s3)CC2)CC1. The van der Waals surface area contributed by atoms with Crippen molar-refractivity contribution in [2.75, 3.05) is 52.4 Å². The third-order valence-electron chi connectivity index (χ3n) is 5.38. The number of piperidine rings is 1. The number of nitrogens with one attached hydrogen (secondary N) is 1. The first-order chi connectivity index (χ1) is 12.5. The van der Waals surface area contributed by atoms with Crippen molar-refractivity contribution in [3.8, 4) is 0 Å². The number of carbonyl (C=O) groups is 2. The summed E-state index contributed by atoms with van der Waals surface area (Å²) in [5, 5.41) is 3.19. The molecule has 2 amide bonds. The van der Waals surface area contributed by atoms with Gasteiger partial charge in [0.15, 0.2) is 0 Å². The van der Waals surface area contributed by atoms with Gasteiger partial charge in [0.2, 0.25) is 5.91 Å². The van der Waals surface area contributed by atoms with Crippen LogP contribution in [0.4, 0.5) is 0 Å². The molecule has 1 N–H and O–H groups in total. The zero-order valence-corrected chi connectivity index (χ0v) is 16.7. The van der Waals surface area contributed by atoms with Crippen LogP contribution in [0.15, 0.2) is 12.1 Å². The van der Waals surface area contributed by atoms with Crippen LogP contribution in [0.2, 0.25) is 0 Å². The summed E-state index contributed by atoms with van der Waals surface area (Å²) in [4.78, 5) is 33.3. The smallest absolute Gasteiger partial charge is 0.264 e. The molecule has 144 valence electrons. The van der Waals surface area contributed by atoms with Gasteiger partial charge in [-0.05, 0) is 38.4 Å². The predicted molar refractivity (Wildman–Crippen MR) is 105 cm³/mol. The molecule has 0 saturated carbocycles. The van der Waals surface area contributed by atoms with Gasteiger partial charge in [0.05, 0.1) is 11.4 Å². The minimum atomic E-state index is 0.119. The van der Waals surface area contributed by atoms with E-state index in [4.69, 9.17) is 0 Å². The third kappa shape index (κ3) is 5.05. The number of carbonyl (C=O) groups excluding carboxylic acids is 2. The molecule has 2 saturated heterocycles. The monoisotopic (exact) mass is 378 g/mol. The Hall–Kier alpha value is -1.44. The fraction of sp³-hybridized carbons (Fsp3) is 0.684. The largest absolute Gasteiger partial charge is 0.352 e. The fourth-order valence-electron chi connectivity index (χ4n) is 3.68. The topological polar surface area (TPSA) is 55.9 Å². The zero-order valence-electron chi connectivity index (χ0n) is 15.9. The molecular formula is C19H30N4O2S. The van der Waals surface area contributed by atoms with Crippen LogP contribution in [0.5, 0.6) is 0 Å². The Morgan fingerprint density at radius 1 is 1.08 bits per heavy atom. The molecule has 26 heavy (non-hydrogen) atoms. The first-order valence-electron chi connectivity index (χ1n) is 9.65. The van der Waals surface area contributed by atoms with Gasteiger partial charge in [-0.25, -0.2) is 0 Å². The molecule has 0 atom stereocenters. The molecule has 0 aliphatic carbocycles. The molecule has 0 spiro atoms. The highest BCUT2D eigenvalue weighted by Crippen LogP contribution is 2.18. The lowest BCUT2D eigenvalue weighted by Crippen LogP contribution is -2.52. The number of piperazine rings is 1. The number of thiophene rings is 1. The number of hydrogen-bond donors (Lipinski definition) is 1. The Bertz CT molecular complexity index is 617. The van der Waals surface area contributed by atoms with Gasteiger partial charge in [-0.15, -0.1) is 11.3 Å². The molecule has 2 aliphatic rings. The maximum Gasteiger partial charge on any atom is 0.264 e. The number of amides is 2. The average molecular weight is 379 g/mol. The van der Waals surface area contributed by atoms with E-state index in [0.29, 0.717) is 25.7 Å². The third-order valence-corrected chi connectivity index (χ3v) is 6.37. The molecule has 2 fully saturated rings. The number of aryl methyl sites for hydroxylation is 1. The van der Waals surface area contributed by atoms with Crippen LogP contribution in [0.1, 0.15) is 34.3 Å². The Labute approximate surface area is 160 Å². The molecule has 3 heterocycles. The van der Waals surface area contributed by atoms with E-state index in [9.17, 15) is 9.59 Å². The van der Waals surface area contributed by atoms with E-state index in [-0.39, 0.29) is 11.8 Å². The van der Waals surface area contributed by atoms with Crippen LogP contribution in [0.25, 0.3) is 0 Å². The van der Waals surface area contributed by atoms with Crippen molar-refractivity contribution in [3.63, 3.8) is 0 Å². The van der Waals surface area contributed by atoms with E-state index in [1.54, 1.807) is 11.3 Å². The highest BCUT2D eigenvalue weighted by atomic mass is 32.1. The minimum absolute atomic E-state index is 0.119. The van der Waals surface area contributed by atoms with E-state index in [2.05, 4.69) is 22.0 Å². The molecule has 0 radical (unpaired) electrons. The summed E-state index contributed by atoms with van der Waals surface area (Å²) >= 11 is 1.55. The molecule has 1 aromatic rings. The highest BCUT2D eigenvalue weighted by Gasteiger charge is 2.25. The maximum absolute atomic E-state index is 12.5. The molecule has 0 aromatic carbocycles. The van der Waals surface area contributed by atoms with Crippen molar-refractivity contribution in [1.82, 2.24) is 20.0 Å². The summed E-state index contributed by atoms with van der Waals surface area (Å²) in [6.07, 6.45) is 2.09. The average Bonchev–Trinajstić information content (AvgIpc) is 3.09. The van der Waals surface area contributed by atoms with Gasteiger partial charge in [-0.2, -0.15) is 0 Å². The molecule has 0 bridgehead atoms. The summed E-state index contributed by atoms with van der Waals surface area (Å²) in [6, 6.07) is 4.21. The number of nitrogens with zero attached hydrogens (tertiary/aromatic N) is 3. The van der Waals surface area contributed by atoms with Gasteiger partial charge < -0.3 is 15.1 Å². The molecule has 3 rings (SSSR count). The lowest BCUT2D eigenvalue weighted by atomic mass is 10.1. The van der Waals surface area contributed by atoms with E-state index in [1.165, 1.54) is 0 Å². The molecule has 1 aromatic heterocycles. The summed E-state index contributed by atoms with van der Waals surface area (Å²) < 4.78 is 0. The Morgan fingerprint density at radius 2 is 1.77 bits per heavy atom. The van der Waals surface area contributed by atoms with Gasteiger partial charge in [0.1, 0.15) is 0 Å². The Morgan fingerprint density at radius 3 is 2.35 bits per heavy atom. The van der Waals surface area contributed by atoms with Crippen molar-refractivity contribution in [1.29, 1.82) is 0 Å². The molecule has 7 heteroatoms. The van der Waals surface area contributed by atoms with E-state index < -0.39 is 0 Å². The summed E-state index contributed by atoms with van der Waals surface area (Å²) in [5.41, 5.74) is 0. The second kappa shape index (κ2) is 8.97. The van der Waals surface area contributed by atoms with Crippen molar-refractivity contribution >= 4 is 23.2 Å². The van der Waals surface area contributed by atoms with Crippen molar-refractivity contribution in [2.24, 2.45) is 0 Å². The number of rotatable bonds is 5. The fourth-order valence-corrected chi connectivity index (χ4v) is 4.52.